The van der Waals surface area contributed by atoms with Crippen molar-refractivity contribution < 1.29 is 64.6 Å². The Hall–Kier alpha value is -2.05. The Morgan fingerprint density at radius 3 is 1.09 bits per heavy atom. The van der Waals surface area contributed by atoms with Gasteiger partial charge in [-0.3, -0.25) is 4.79 Å². The number of hydrogen-bond donors (Lipinski definition) is 9. The Kier molecular flexibility index (Phi) is 63.0. The normalized spacial score (nSPS) is 22.3. The van der Waals surface area contributed by atoms with Gasteiger partial charge in [0.1, 0.15) is 48.8 Å². The number of rotatable bonds is 70. The van der Waals surface area contributed by atoms with E-state index in [0.29, 0.717) is 12.8 Å². The van der Waals surface area contributed by atoms with Gasteiger partial charge < -0.3 is 65.1 Å². The monoisotopic (exact) mass is 1370 g/mol. The average Bonchev–Trinajstić information content (AvgIpc) is 0.794. The fraction of sp³-hybridized carbons (Fsp3) is 0.892. The van der Waals surface area contributed by atoms with Crippen molar-refractivity contribution in [2.45, 2.75) is 453 Å². The molecule has 2 heterocycles. The summed E-state index contributed by atoms with van der Waals surface area (Å²) in [6.45, 7) is 2.81. The van der Waals surface area contributed by atoms with Gasteiger partial charge in [0.25, 0.3) is 0 Å². The van der Waals surface area contributed by atoms with Crippen LogP contribution in [0.2, 0.25) is 0 Å². The second-order valence-electron chi connectivity index (χ2n) is 29.2. The Morgan fingerprint density at radius 1 is 0.381 bits per heavy atom. The van der Waals surface area contributed by atoms with E-state index in [1.807, 2.05) is 0 Å². The third kappa shape index (κ3) is 50.1. The molecule has 570 valence electrons. The van der Waals surface area contributed by atoms with Crippen molar-refractivity contribution in [3.63, 3.8) is 0 Å². The molecule has 0 spiro atoms. The molecule has 0 aliphatic carbocycles. The first-order chi connectivity index (χ1) is 47.6. The topological polar surface area (TPSA) is 228 Å². The van der Waals surface area contributed by atoms with Gasteiger partial charge >= 0.3 is 0 Å². The predicted octanol–water partition coefficient (Wildman–Crippen LogP) is 19.0. The summed E-state index contributed by atoms with van der Waals surface area (Å²) in [7, 11) is 0. The van der Waals surface area contributed by atoms with Crippen molar-refractivity contribution in [1.29, 1.82) is 0 Å². The molecule has 2 fully saturated rings. The lowest BCUT2D eigenvalue weighted by Gasteiger charge is -2.46. The molecule has 0 aromatic carbocycles. The molecule has 2 rings (SSSR count). The van der Waals surface area contributed by atoms with E-state index in [0.717, 1.165) is 77.0 Å². The van der Waals surface area contributed by atoms with Crippen LogP contribution in [0.3, 0.4) is 0 Å². The maximum Gasteiger partial charge on any atom is 0.220 e. The van der Waals surface area contributed by atoms with E-state index in [1.54, 1.807) is 0 Å². The summed E-state index contributed by atoms with van der Waals surface area (Å²) in [5.41, 5.74) is 0. The number of carbonyl (C=O) groups is 1. The zero-order valence-electron chi connectivity index (χ0n) is 62.6. The molecular formula is C83H155NO13. The molecule has 9 N–H and O–H groups in total. The second-order valence-corrected chi connectivity index (χ2v) is 29.2. The van der Waals surface area contributed by atoms with E-state index in [9.17, 15) is 45.6 Å². The van der Waals surface area contributed by atoms with Crippen LogP contribution in [0.15, 0.2) is 48.6 Å². The lowest BCUT2D eigenvalue weighted by Crippen LogP contribution is -2.65. The molecule has 1 amide bonds. The van der Waals surface area contributed by atoms with Gasteiger partial charge in [-0.05, 0) is 51.4 Å². The number of amides is 1. The fourth-order valence-electron chi connectivity index (χ4n) is 13.8. The van der Waals surface area contributed by atoms with Crippen LogP contribution in [-0.2, 0) is 23.7 Å². The Morgan fingerprint density at radius 2 is 0.711 bits per heavy atom. The van der Waals surface area contributed by atoms with E-state index in [4.69, 9.17) is 18.9 Å². The summed E-state index contributed by atoms with van der Waals surface area (Å²) in [6, 6.07) is -0.829. The first-order valence-corrected chi connectivity index (χ1v) is 41.4. The largest absolute Gasteiger partial charge is 0.394 e. The molecule has 0 aromatic rings. The van der Waals surface area contributed by atoms with Gasteiger partial charge in [-0.25, -0.2) is 0 Å². The van der Waals surface area contributed by atoms with Crippen molar-refractivity contribution in [3.05, 3.63) is 48.6 Å². The molecule has 2 saturated heterocycles. The molecular weight excluding hydrogens is 1220 g/mol. The third-order valence-corrected chi connectivity index (χ3v) is 20.3. The van der Waals surface area contributed by atoms with Crippen LogP contribution in [0.1, 0.15) is 380 Å². The fourth-order valence-corrected chi connectivity index (χ4v) is 13.8. The van der Waals surface area contributed by atoms with Crippen molar-refractivity contribution in [1.82, 2.24) is 5.32 Å². The molecule has 0 bridgehead atoms. The van der Waals surface area contributed by atoms with Crippen LogP contribution in [0, 0.1) is 0 Å². The van der Waals surface area contributed by atoms with Gasteiger partial charge in [-0.1, -0.05) is 371 Å². The number of aliphatic hydroxyl groups excluding tert-OH is 8. The first kappa shape index (κ1) is 91.0. The summed E-state index contributed by atoms with van der Waals surface area (Å²) < 4.78 is 23.0. The maximum absolute atomic E-state index is 13.4. The van der Waals surface area contributed by atoms with Gasteiger partial charge in [0, 0.05) is 6.42 Å². The van der Waals surface area contributed by atoms with Crippen LogP contribution in [0.5, 0.6) is 0 Å². The van der Waals surface area contributed by atoms with Gasteiger partial charge in [0.2, 0.25) is 5.91 Å². The number of unbranched alkanes of at least 4 members (excludes halogenated alkanes) is 49. The Bertz CT molecular complexity index is 1810. The van der Waals surface area contributed by atoms with Crippen molar-refractivity contribution in [2.75, 3.05) is 19.8 Å². The summed E-state index contributed by atoms with van der Waals surface area (Å²) in [5.74, 6) is -0.198. The van der Waals surface area contributed by atoms with E-state index >= 15 is 0 Å². The third-order valence-electron chi connectivity index (χ3n) is 20.3. The van der Waals surface area contributed by atoms with Gasteiger partial charge in [-0.2, -0.15) is 0 Å². The second kappa shape index (κ2) is 67.1. The summed E-state index contributed by atoms with van der Waals surface area (Å²) in [5, 5.41) is 87.9. The highest BCUT2D eigenvalue weighted by atomic mass is 16.7. The van der Waals surface area contributed by atoms with E-state index < -0.39 is 86.8 Å². The van der Waals surface area contributed by atoms with E-state index in [1.165, 1.54) is 276 Å². The number of aliphatic hydroxyl groups is 8. The molecule has 12 unspecified atom stereocenters. The minimum absolute atomic E-state index is 0.198. The highest BCUT2D eigenvalue weighted by molar-refractivity contribution is 5.76. The molecule has 12 atom stereocenters. The van der Waals surface area contributed by atoms with Gasteiger partial charge in [0.15, 0.2) is 12.6 Å². The minimum Gasteiger partial charge on any atom is -0.394 e. The molecule has 0 saturated carbocycles. The Labute approximate surface area is 594 Å². The van der Waals surface area contributed by atoms with Crippen molar-refractivity contribution in [3.8, 4) is 0 Å². The molecule has 0 aromatic heterocycles. The van der Waals surface area contributed by atoms with Crippen LogP contribution in [0.25, 0.3) is 0 Å². The molecule has 14 heteroatoms. The van der Waals surface area contributed by atoms with Crippen LogP contribution in [-0.4, -0.2) is 140 Å². The zero-order valence-corrected chi connectivity index (χ0v) is 62.6. The lowest BCUT2D eigenvalue weighted by atomic mass is 9.97. The molecule has 2 aliphatic rings. The standard InChI is InChI=1S/C83H155NO13/c1-3-5-7-9-11-13-15-17-19-21-23-25-27-29-30-31-32-33-34-35-36-37-38-39-40-41-42-43-45-47-49-51-53-55-57-59-61-63-65-67-75(88)84-71(70-94-82-80(93)78(91)81(74(69-86)96-82)97-83-79(92)77(90)76(89)73(68-85)95-83)72(87)66-64-62-60-58-56-54-52-50-48-46-44-28-26-24-22-20-18-16-14-12-10-8-6-4-2/h5,7,11,13,17,19,23,25,71-74,76-83,85-87,89-93H,3-4,6,8-10,12,14-16,18,20-22,24,26-70H2,1-2H3,(H,84,88)/b7-5-,13-11-,19-17-,25-23-. The summed E-state index contributed by atoms with van der Waals surface area (Å²) in [6.07, 6.45) is 73.1. The van der Waals surface area contributed by atoms with E-state index in [2.05, 4.69) is 67.8 Å². The van der Waals surface area contributed by atoms with Crippen LogP contribution >= 0.6 is 0 Å². The van der Waals surface area contributed by atoms with Gasteiger partial charge in [0.05, 0.1) is 32.0 Å². The number of hydrogen-bond acceptors (Lipinski definition) is 13. The lowest BCUT2D eigenvalue weighted by molar-refractivity contribution is -0.359. The highest BCUT2D eigenvalue weighted by Crippen LogP contribution is 2.31. The first-order valence-electron chi connectivity index (χ1n) is 41.4. The molecule has 0 radical (unpaired) electrons. The smallest absolute Gasteiger partial charge is 0.220 e. The predicted molar refractivity (Wildman–Crippen MR) is 401 cm³/mol. The van der Waals surface area contributed by atoms with Crippen molar-refractivity contribution >= 4 is 5.91 Å². The van der Waals surface area contributed by atoms with Crippen LogP contribution in [0.4, 0.5) is 0 Å². The maximum atomic E-state index is 13.4. The highest BCUT2D eigenvalue weighted by Gasteiger charge is 2.51. The number of nitrogens with one attached hydrogen (secondary N) is 1. The minimum atomic E-state index is -1.78. The Balaban J connectivity index is 1.56. The SMILES string of the molecule is CC/C=C\C/C=C\C/C=C\C/C=C\CCCCCCCCCCCCCCCCCCCCCCCCCCCCC(=O)NC(COC1OC(CO)C(OC2OC(CO)C(O)C(O)C2O)C(O)C1O)C(O)CCCCCCCCCCCCCCCCCCCCCCCCCC. The quantitative estimate of drug-likeness (QED) is 0.0204. The van der Waals surface area contributed by atoms with Gasteiger partial charge in [-0.15, -0.1) is 0 Å². The number of ether oxygens (including phenoxy) is 4. The van der Waals surface area contributed by atoms with E-state index in [-0.39, 0.29) is 12.5 Å². The molecule has 14 nitrogen and oxygen atoms in total. The number of carbonyl (C=O) groups excluding carboxylic acids is 1. The zero-order chi connectivity index (χ0) is 70.1. The molecule has 97 heavy (non-hydrogen) atoms. The van der Waals surface area contributed by atoms with Crippen molar-refractivity contribution in [2.24, 2.45) is 0 Å². The average molecular weight is 1380 g/mol. The molecule has 2 aliphatic heterocycles. The summed E-state index contributed by atoms with van der Waals surface area (Å²) >= 11 is 0. The number of allylic oxidation sites excluding steroid dienone is 8. The van der Waals surface area contributed by atoms with Crippen LogP contribution < -0.4 is 5.32 Å². The summed E-state index contributed by atoms with van der Waals surface area (Å²) in [4.78, 5) is 13.4.